The van der Waals surface area contributed by atoms with Gasteiger partial charge in [0.25, 0.3) is 5.91 Å². The van der Waals surface area contributed by atoms with E-state index >= 15 is 0 Å². The van der Waals surface area contributed by atoms with Gasteiger partial charge in [-0.1, -0.05) is 0 Å². The fourth-order valence-electron chi connectivity index (χ4n) is 1.79. The van der Waals surface area contributed by atoms with E-state index in [0.29, 0.717) is 28.6 Å². The second-order valence-electron chi connectivity index (χ2n) is 4.12. The summed E-state index contributed by atoms with van der Waals surface area (Å²) in [5.41, 5.74) is 7.05. The molecule has 1 aliphatic heterocycles. The Kier molecular flexibility index (Phi) is 2.52. The van der Waals surface area contributed by atoms with Crippen molar-refractivity contribution >= 4 is 17.3 Å². The molecular formula is C12H12N4O3. The monoisotopic (exact) mass is 260 g/mol. The van der Waals surface area contributed by atoms with Gasteiger partial charge in [0, 0.05) is 25.4 Å². The van der Waals surface area contributed by atoms with Crippen molar-refractivity contribution in [2.75, 3.05) is 17.8 Å². The van der Waals surface area contributed by atoms with E-state index in [2.05, 4.69) is 10.4 Å². The number of ether oxygens (including phenoxy) is 2. The summed E-state index contributed by atoms with van der Waals surface area (Å²) in [5.74, 6) is 0.810. The predicted octanol–water partition coefficient (Wildman–Crippen LogP) is 0.983. The molecule has 0 radical (unpaired) electrons. The van der Waals surface area contributed by atoms with Crippen molar-refractivity contribution in [2.45, 2.75) is 0 Å². The summed E-state index contributed by atoms with van der Waals surface area (Å²) in [5, 5.41) is 6.71. The Morgan fingerprint density at radius 1 is 1.42 bits per heavy atom. The molecule has 0 bridgehead atoms. The molecular weight excluding hydrogens is 248 g/mol. The van der Waals surface area contributed by atoms with E-state index in [4.69, 9.17) is 15.2 Å². The third kappa shape index (κ3) is 2.05. The first-order valence-corrected chi connectivity index (χ1v) is 5.63. The number of anilines is 2. The molecule has 1 amide bonds. The molecule has 1 aromatic carbocycles. The molecule has 19 heavy (non-hydrogen) atoms. The molecule has 0 atom stereocenters. The first-order chi connectivity index (χ1) is 9.13. The van der Waals surface area contributed by atoms with Gasteiger partial charge in [-0.3, -0.25) is 9.48 Å². The third-order valence-corrected chi connectivity index (χ3v) is 2.74. The second-order valence-corrected chi connectivity index (χ2v) is 4.12. The average molecular weight is 260 g/mol. The molecule has 0 saturated carbocycles. The van der Waals surface area contributed by atoms with E-state index < -0.39 is 0 Å². The van der Waals surface area contributed by atoms with Crippen molar-refractivity contribution in [3.63, 3.8) is 0 Å². The number of nitrogens with one attached hydrogen (secondary N) is 1. The number of carbonyl (C=O) groups is 1. The zero-order valence-corrected chi connectivity index (χ0v) is 10.2. The van der Waals surface area contributed by atoms with Crippen molar-refractivity contribution in [1.82, 2.24) is 9.78 Å². The Morgan fingerprint density at radius 3 is 2.84 bits per heavy atom. The van der Waals surface area contributed by atoms with Crippen LogP contribution in [0.4, 0.5) is 11.4 Å². The van der Waals surface area contributed by atoms with Crippen molar-refractivity contribution < 1.29 is 14.3 Å². The lowest BCUT2D eigenvalue weighted by Crippen LogP contribution is -2.14. The largest absolute Gasteiger partial charge is 0.454 e. The van der Waals surface area contributed by atoms with Gasteiger partial charge in [-0.2, -0.15) is 5.10 Å². The average Bonchev–Trinajstić information content (AvgIpc) is 2.98. The van der Waals surface area contributed by atoms with Crippen LogP contribution in [0.15, 0.2) is 24.4 Å². The van der Waals surface area contributed by atoms with E-state index in [1.54, 1.807) is 36.1 Å². The fraction of sp³-hybridized carbons (Fsp3) is 0.167. The molecule has 0 spiro atoms. The number of benzene rings is 1. The van der Waals surface area contributed by atoms with Crippen LogP contribution in [0, 0.1) is 0 Å². The summed E-state index contributed by atoms with van der Waals surface area (Å²) < 4.78 is 12.0. The maximum Gasteiger partial charge on any atom is 0.276 e. The van der Waals surface area contributed by atoms with Crippen LogP contribution in [-0.2, 0) is 7.05 Å². The molecule has 0 unspecified atom stereocenters. The molecule has 7 nitrogen and oxygen atoms in total. The summed E-state index contributed by atoms with van der Waals surface area (Å²) in [4.78, 5) is 12.0. The highest BCUT2D eigenvalue weighted by atomic mass is 16.7. The van der Waals surface area contributed by atoms with Gasteiger partial charge in [0.05, 0.1) is 11.4 Å². The second kappa shape index (κ2) is 4.20. The lowest BCUT2D eigenvalue weighted by molar-refractivity contribution is 0.102. The van der Waals surface area contributed by atoms with E-state index in [9.17, 15) is 4.79 Å². The summed E-state index contributed by atoms with van der Waals surface area (Å²) in [6.45, 7) is 0.159. The quantitative estimate of drug-likeness (QED) is 0.785. The fourth-order valence-corrected chi connectivity index (χ4v) is 1.79. The van der Waals surface area contributed by atoms with Gasteiger partial charge in [-0.15, -0.1) is 0 Å². The van der Waals surface area contributed by atoms with Gasteiger partial charge < -0.3 is 20.5 Å². The van der Waals surface area contributed by atoms with Crippen LogP contribution < -0.4 is 20.5 Å². The number of rotatable bonds is 2. The molecule has 0 fully saturated rings. The van der Waals surface area contributed by atoms with E-state index in [1.807, 2.05) is 0 Å². The number of carbonyl (C=O) groups excluding carboxylic acids is 1. The Balaban J connectivity index is 1.85. The van der Waals surface area contributed by atoms with E-state index in [1.165, 1.54) is 0 Å². The third-order valence-electron chi connectivity index (χ3n) is 2.74. The summed E-state index contributed by atoms with van der Waals surface area (Å²) in [6, 6.07) is 4.88. The number of aryl methyl sites for hydroxylation is 1. The molecule has 2 heterocycles. The molecule has 7 heteroatoms. The first kappa shape index (κ1) is 11.4. The van der Waals surface area contributed by atoms with Gasteiger partial charge in [0.15, 0.2) is 17.2 Å². The Hall–Kier alpha value is -2.70. The van der Waals surface area contributed by atoms with Gasteiger partial charge in [0.1, 0.15) is 0 Å². The minimum atomic E-state index is -0.328. The molecule has 3 N–H and O–H groups in total. The van der Waals surface area contributed by atoms with Crippen LogP contribution in [0.5, 0.6) is 11.5 Å². The maximum atomic E-state index is 12.0. The zero-order valence-electron chi connectivity index (χ0n) is 10.2. The van der Waals surface area contributed by atoms with E-state index in [0.717, 1.165) is 0 Å². The molecule has 2 aromatic rings. The minimum absolute atomic E-state index is 0.159. The summed E-state index contributed by atoms with van der Waals surface area (Å²) in [6.07, 6.45) is 1.69. The van der Waals surface area contributed by atoms with Crippen molar-refractivity contribution in [1.29, 1.82) is 0 Å². The molecule has 1 aliphatic rings. The number of hydrogen-bond donors (Lipinski definition) is 2. The highest BCUT2D eigenvalue weighted by molar-refractivity contribution is 6.04. The molecule has 98 valence electrons. The lowest BCUT2D eigenvalue weighted by Gasteiger charge is -2.08. The smallest absolute Gasteiger partial charge is 0.276 e. The highest BCUT2D eigenvalue weighted by Gasteiger charge is 2.18. The topological polar surface area (TPSA) is 91.4 Å². The first-order valence-electron chi connectivity index (χ1n) is 5.63. The molecule has 0 aliphatic carbocycles. The zero-order chi connectivity index (χ0) is 13.4. The van der Waals surface area contributed by atoms with Crippen LogP contribution in [0.25, 0.3) is 0 Å². The number of hydrogen-bond acceptors (Lipinski definition) is 5. The molecule has 0 saturated heterocycles. The normalized spacial score (nSPS) is 12.5. The van der Waals surface area contributed by atoms with Crippen LogP contribution in [0.1, 0.15) is 10.5 Å². The molecule has 1 aromatic heterocycles. The number of nitrogens with two attached hydrogens (primary N) is 1. The van der Waals surface area contributed by atoms with Crippen LogP contribution >= 0.6 is 0 Å². The van der Waals surface area contributed by atoms with Crippen LogP contribution in [0.3, 0.4) is 0 Å². The van der Waals surface area contributed by atoms with Gasteiger partial charge in [0.2, 0.25) is 6.79 Å². The van der Waals surface area contributed by atoms with Crippen LogP contribution in [0.2, 0.25) is 0 Å². The van der Waals surface area contributed by atoms with Gasteiger partial charge >= 0.3 is 0 Å². The summed E-state index contributed by atoms with van der Waals surface area (Å²) in [7, 11) is 1.74. The standard InChI is InChI=1S/C12H12N4O3/c1-16-3-2-8(15-16)12(17)14-9-5-11-10(4-7(9)13)18-6-19-11/h2-5H,6,13H2,1H3,(H,14,17). The minimum Gasteiger partial charge on any atom is -0.454 e. The number of nitrogen functional groups attached to an aromatic ring is 1. The van der Waals surface area contributed by atoms with E-state index in [-0.39, 0.29) is 12.7 Å². The van der Waals surface area contributed by atoms with Gasteiger partial charge in [-0.25, -0.2) is 0 Å². The SMILES string of the molecule is Cn1ccc(C(=O)Nc2cc3c(cc2N)OCO3)n1. The predicted molar refractivity (Wildman–Crippen MR) is 68.1 cm³/mol. The molecule has 3 rings (SSSR count). The summed E-state index contributed by atoms with van der Waals surface area (Å²) >= 11 is 0. The number of aromatic nitrogens is 2. The Labute approximate surface area is 108 Å². The van der Waals surface area contributed by atoms with Crippen molar-refractivity contribution in [3.05, 3.63) is 30.1 Å². The van der Waals surface area contributed by atoms with Crippen molar-refractivity contribution in [2.24, 2.45) is 7.05 Å². The Morgan fingerprint density at radius 2 is 2.16 bits per heavy atom. The number of fused-ring (bicyclic) bond motifs is 1. The maximum absolute atomic E-state index is 12.0. The van der Waals surface area contributed by atoms with Crippen LogP contribution in [-0.4, -0.2) is 22.5 Å². The number of nitrogens with zero attached hydrogens (tertiary/aromatic N) is 2. The lowest BCUT2D eigenvalue weighted by atomic mass is 10.2. The van der Waals surface area contributed by atoms with Gasteiger partial charge in [-0.05, 0) is 6.07 Å². The highest BCUT2D eigenvalue weighted by Crippen LogP contribution is 2.38. The van der Waals surface area contributed by atoms with Crippen molar-refractivity contribution in [3.8, 4) is 11.5 Å². The number of amides is 1. The Bertz CT molecular complexity index is 650.